The smallest absolute Gasteiger partial charge is 0.339 e. The third-order valence-electron chi connectivity index (χ3n) is 1.92. The van der Waals surface area contributed by atoms with Crippen LogP contribution in [0.5, 0.6) is 0 Å². The molecule has 0 amide bonds. The topological polar surface area (TPSA) is 104 Å². The molecule has 0 N–H and O–H groups in total. The van der Waals surface area contributed by atoms with Crippen LogP contribution in [0.2, 0.25) is 5.02 Å². The first-order valence-electron chi connectivity index (χ1n) is 4.20. The monoisotopic (exact) mass is 313 g/mol. The fourth-order valence-corrected chi connectivity index (χ4v) is 3.07. The highest BCUT2D eigenvalue weighted by molar-refractivity contribution is 8.13. The minimum atomic E-state index is -4.44. The van der Waals surface area contributed by atoms with Gasteiger partial charge in [0.15, 0.2) is 0 Å². The van der Waals surface area contributed by atoms with Crippen molar-refractivity contribution in [3.05, 3.63) is 32.8 Å². The van der Waals surface area contributed by atoms with Crippen LogP contribution in [0.15, 0.2) is 17.0 Å². The normalized spacial score (nSPS) is 11.1. The van der Waals surface area contributed by atoms with Crippen LogP contribution in [0.1, 0.15) is 10.4 Å². The molecule has 0 radical (unpaired) electrons. The second-order valence-electron chi connectivity index (χ2n) is 2.96. The van der Waals surface area contributed by atoms with Gasteiger partial charge in [-0.3, -0.25) is 10.1 Å². The Labute approximate surface area is 111 Å². The lowest BCUT2D eigenvalue weighted by Crippen LogP contribution is -2.09. The molecule has 7 nitrogen and oxygen atoms in total. The molecule has 0 fully saturated rings. The van der Waals surface area contributed by atoms with E-state index >= 15 is 0 Å². The molecule has 1 aromatic carbocycles. The SMILES string of the molecule is COC(=O)c1ccc([N+](=O)[O-])c(Cl)c1S(=O)(=O)Cl. The van der Waals surface area contributed by atoms with Crippen LogP contribution in [0.4, 0.5) is 5.69 Å². The lowest BCUT2D eigenvalue weighted by atomic mass is 10.2. The van der Waals surface area contributed by atoms with Crippen LogP contribution in [-0.2, 0) is 13.8 Å². The summed E-state index contributed by atoms with van der Waals surface area (Å²) in [5.74, 6) is -1.02. The van der Waals surface area contributed by atoms with E-state index in [1.165, 1.54) is 0 Å². The minimum Gasteiger partial charge on any atom is -0.465 e. The summed E-state index contributed by atoms with van der Waals surface area (Å²) in [4.78, 5) is 20.2. The van der Waals surface area contributed by atoms with Crippen molar-refractivity contribution in [1.82, 2.24) is 0 Å². The molecule has 0 saturated heterocycles. The number of rotatable bonds is 3. The molecule has 0 aromatic heterocycles. The van der Waals surface area contributed by atoms with E-state index in [0.29, 0.717) is 0 Å². The molecule has 98 valence electrons. The second-order valence-corrected chi connectivity index (χ2v) is 5.84. The van der Waals surface area contributed by atoms with Gasteiger partial charge in [0.2, 0.25) is 0 Å². The van der Waals surface area contributed by atoms with Crippen molar-refractivity contribution in [3.8, 4) is 0 Å². The van der Waals surface area contributed by atoms with Gasteiger partial charge in [-0.2, -0.15) is 0 Å². The number of nitrogens with zero attached hydrogens (tertiary/aromatic N) is 1. The van der Waals surface area contributed by atoms with E-state index in [-0.39, 0.29) is 0 Å². The number of hydrogen-bond acceptors (Lipinski definition) is 6. The first-order valence-corrected chi connectivity index (χ1v) is 6.88. The molecule has 0 aliphatic rings. The molecule has 0 atom stereocenters. The van der Waals surface area contributed by atoms with E-state index in [1.54, 1.807) is 0 Å². The lowest BCUT2D eigenvalue weighted by molar-refractivity contribution is -0.384. The zero-order valence-corrected chi connectivity index (χ0v) is 11.0. The number of nitro groups is 1. The molecular formula is C8H5Cl2NO6S. The minimum absolute atomic E-state index is 0.469. The number of benzene rings is 1. The molecule has 1 rings (SSSR count). The maximum Gasteiger partial charge on any atom is 0.339 e. The van der Waals surface area contributed by atoms with E-state index in [4.69, 9.17) is 22.3 Å². The maximum absolute atomic E-state index is 11.3. The Balaban J connectivity index is 3.74. The summed E-state index contributed by atoms with van der Waals surface area (Å²) in [5.41, 5.74) is -1.15. The Hall–Kier alpha value is -1.38. The quantitative estimate of drug-likeness (QED) is 0.365. The Morgan fingerprint density at radius 3 is 2.39 bits per heavy atom. The molecule has 0 bridgehead atoms. The van der Waals surface area contributed by atoms with Crippen LogP contribution in [-0.4, -0.2) is 26.4 Å². The highest BCUT2D eigenvalue weighted by atomic mass is 35.7. The fourth-order valence-electron chi connectivity index (χ4n) is 1.20. The molecule has 0 aliphatic carbocycles. The molecule has 18 heavy (non-hydrogen) atoms. The molecule has 0 aliphatic heterocycles. The summed E-state index contributed by atoms with van der Waals surface area (Å²) in [6, 6.07) is 1.80. The molecule has 0 heterocycles. The Kier molecular flexibility index (Phi) is 4.15. The highest BCUT2D eigenvalue weighted by Crippen LogP contribution is 2.35. The molecule has 0 saturated carbocycles. The average molecular weight is 314 g/mol. The largest absolute Gasteiger partial charge is 0.465 e. The van der Waals surface area contributed by atoms with Crippen molar-refractivity contribution in [3.63, 3.8) is 0 Å². The number of halogens is 2. The summed E-state index contributed by atoms with van der Waals surface area (Å²) >= 11 is 5.58. The molecule has 0 spiro atoms. The Morgan fingerprint density at radius 2 is 2.00 bits per heavy atom. The van der Waals surface area contributed by atoms with Crippen molar-refractivity contribution in [2.24, 2.45) is 0 Å². The predicted molar refractivity (Wildman–Crippen MR) is 62.5 cm³/mol. The molecule has 1 aromatic rings. The second kappa shape index (κ2) is 5.09. The molecule has 10 heteroatoms. The molecule has 0 unspecified atom stereocenters. The van der Waals surface area contributed by atoms with E-state index in [1.807, 2.05) is 0 Å². The van der Waals surface area contributed by atoms with Crippen molar-refractivity contribution in [1.29, 1.82) is 0 Å². The number of nitro benzene ring substituents is 1. The average Bonchev–Trinajstić information content (AvgIpc) is 2.25. The molecular weight excluding hydrogens is 309 g/mol. The van der Waals surface area contributed by atoms with E-state index < -0.39 is 41.1 Å². The summed E-state index contributed by atoms with van der Waals surface area (Å²) in [5, 5.41) is 9.88. The first-order chi connectivity index (χ1) is 8.20. The standard InChI is InChI=1S/C8H5Cl2NO6S/c1-17-8(12)4-2-3-5(11(13)14)6(9)7(4)18(10,15)16/h2-3H,1H3. The van der Waals surface area contributed by atoms with Crippen molar-refractivity contribution >= 4 is 43.0 Å². The van der Waals surface area contributed by atoms with Crippen molar-refractivity contribution in [2.75, 3.05) is 7.11 Å². The van der Waals surface area contributed by atoms with E-state index in [0.717, 1.165) is 19.2 Å². The maximum atomic E-state index is 11.3. The summed E-state index contributed by atoms with van der Waals surface area (Å²) in [7, 11) is 1.68. The van der Waals surface area contributed by atoms with Crippen LogP contribution in [0.25, 0.3) is 0 Å². The number of ether oxygens (including phenoxy) is 1. The number of methoxy groups -OCH3 is 1. The predicted octanol–water partition coefficient (Wildman–Crippen LogP) is 1.96. The zero-order valence-electron chi connectivity index (χ0n) is 8.72. The third kappa shape index (κ3) is 2.71. The van der Waals surface area contributed by atoms with Gasteiger partial charge in [0.1, 0.15) is 9.92 Å². The Bertz CT molecular complexity index is 627. The first kappa shape index (κ1) is 14.7. The van der Waals surface area contributed by atoms with Crippen LogP contribution in [0.3, 0.4) is 0 Å². The van der Waals surface area contributed by atoms with Crippen LogP contribution >= 0.6 is 22.3 Å². The van der Waals surface area contributed by atoms with Gasteiger partial charge < -0.3 is 4.74 Å². The summed E-state index contributed by atoms with van der Waals surface area (Å²) in [6.45, 7) is 0. The fraction of sp³-hybridized carbons (Fsp3) is 0.125. The van der Waals surface area contributed by atoms with Gasteiger partial charge >= 0.3 is 5.97 Å². The van der Waals surface area contributed by atoms with E-state index in [9.17, 15) is 23.3 Å². The van der Waals surface area contributed by atoms with Crippen LogP contribution < -0.4 is 0 Å². The number of hydrogen-bond donors (Lipinski definition) is 0. The summed E-state index contributed by atoms with van der Waals surface area (Å²) in [6.07, 6.45) is 0. The van der Waals surface area contributed by atoms with Crippen LogP contribution in [0, 0.1) is 10.1 Å². The van der Waals surface area contributed by atoms with Gasteiger partial charge in [-0.05, 0) is 6.07 Å². The zero-order chi connectivity index (χ0) is 14.1. The van der Waals surface area contributed by atoms with Gasteiger partial charge in [0, 0.05) is 16.7 Å². The van der Waals surface area contributed by atoms with Crippen molar-refractivity contribution < 1.29 is 22.9 Å². The number of esters is 1. The van der Waals surface area contributed by atoms with Gasteiger partial charge in [-0.15, -0.1) is 0 Å². The van der Waals surface area contributed by atoms with Gasteiger partial charge in [0.25, 0.3) is 14.7 Å². The number of carbonyl (C=O) groups is 1. The van der Waals surface area contributed by atoms with E-state index in [2.05, 4.69) is 4.74 Å². The van der Waals surface area contributed by atoms with Gasteiger partial charge in [-0.25, -0.2) is 13.2 Å². The van der Waals surface area contributed by atoms with Gasteiger partial charge in [-0.1, -0.05) is 11.6 Å². The number of carbonyl (C=O) groups excluding carboxylic acids is 1. The highest BCUT2D eigenvalue weighted by Gasteiger charge is 2.30. The lowest BCUT2D eigenvalue weighted by Gasteiger charge is -2.07. The van der Waals surface area contributed by atoms with Crippen molar-refractivity contribution in [2.45, 2.75) is 4.90 Å². The third-order valence-corrected chi connectivity index (χ3v) is 3.79. The van der Waals surface area contributed by atoms with Gasteiger partial charge in [0.05, 0.1) is 17.6 Å². The summed E-state index contributed by atoms with van der Waals surface area (Å²) < 4.78 is 27.0. The Morgan fingerprint density at radius 1 is 1.44 bits per heavy atom.